The van der Waals surface area contributed by atoms with Gasteiger partial charge in [-0.15, -0.1) is 0 Å². The fraction of sp³-hybridized carbons (Fsp3) is 0.125. The van der Waals surface area contributed by atoms with Crippen LogP contribution in [0.15, 0.2) is 36.5 Å². The van der Waals surface area contributed by atoms with Gasteiger partial charge in [0.05, 0.1) is 23.1 Å². The number of carbonyl (C=O) groups is 1. The van der Waals surface area contributed by atoms with E-state index in [9.17, 15) is 4.79 Å². The van der Waals surface area contributed by atoms with E-state index in [2.05, 4.69) is 15.3 Å². The highest BCUT2D eigenvalue weighted by Gasteiger charge is 2.11. The Labute approximate surface area is 137 Å². The van der Waals surface area contributed by atoms with Crippen molar-refractivity contribution in [1.82, 2.24) is 14.5 Å². The SMILES string of the molecule is Cn1c(CNc2ccc(C(=N)N)cn2)nc2cc(C(=O)O)ccc21. The van der Waals surface area contributed by atoms with Crippen LogP contribution in [0.1, 0.15) is 21.7 Å². The van der Waals surface area contributed by atoms with Crippen LogP contribution in [0.4, 0.5) is 5.82 Å². The van der Waals surface area contributed by atoms with E-state index < -0.39 is 5.97 Å². The average molecular weight is 324 g/mol. The summed E-state index contributed by atoms with van der Waals surface area (Å²) in [6.45, 7) is 0.431. The van der Waals surface area contributed by atoms with Crippen LogP contribution in [0, 0.1) is 5.41 Å². The third kappa shape index (κ3) is 2.89. The molecule has 3 rings (SSSR count). The van der Waals surface area contributed by atoms with Gasteiger partial charge in [-0.2, -0.15) is 0 Å². The van der Waals surface area contributed by atoms with Crippen molar-refractivity contribution >= 4 is 28.7 Å². The zero-order valence-electron chi connectivity index (χ0n) is 12.9. The number of aryl methyl sites for hydroxylation is 1. The first-order valence-corrected chi connectivity index (χ1v) is 7.18. The number of hydrogen-bond donors (Lipinski definition) is 4. The van der Waals surface area contributed by atoms with Gasteiger partial charge in [0.25, 0.3) is 0 Å². The largest absolute Gasteiger partial charge is 0.478 e. The lowest BCUT2D eigenvalue weighted by atomic mass is 10.2. The molecule has 24 heavy (non-hydrogen) atoms. The van der Waals surface area contributed by atoms with Gasteiger partial charge in [0.2, 0.25) is 0 Å². The monoisotopic (exact) mass is 324 g/mol. The summed E-state index contributed by atoms with van der Waals surface area (Å²) in [5.74, 6) is 0.388. The lowest BCUT2D eigenvalue weighted by molar-refractivity contribution is 0.0697. The summed E-state index contributed by atoms with van der Waals surface area (Å²) in [5, 5.41) is 19.5. The first-order valence-electron chi connectivity index (χ1n) is 7.18. The summed E-state index contributed by atoms with van der Waals surface area (Å²) in [4.78, 5) is 19.7. The van der Waals surface area contributed by atoms with Crippen molar-refractivity contribution < 1.29 is 9.90 Å². The zero-order chi connectivity index (χ0) is 17.3. The van der Waals surface area contributed by atoms with E-state index in [1.807, 2.05) is 11.6 Å². The third-order valence-electron chi connectivity index (χ3n) is 3.72. The fourth-order valence-electron chi connectivity index (χ4n) is 2.37. The topological polar surface area (TPSA) is 130 Å². The van der Waals surface area contributed by atoms with E-state index in [1.54, 1.807) is 30.3 Å². The summed E-state index contributed by atoms with van der Waals surface area (Å²) in [6.07, 6.45) is 1.53. The van der Waals surface area contributed by atoms with Gasteiger partial charge in [0.15, 0.2) is 0 Å². The Bertz CT molecular complexity index is 930. The minimum absolute atomic E-state index is 0.0290. The highest BCUT2D eigenvalue weighted by atomic mass is 16.4. The molecule has 2 aromatic heterocycles. The Morgan fingerprint density at radius 2 is 2.08 bits per heavy atom. The quantitative estimate of drug-likeness (QED) is 0.416. The highest BCUT2D eigenvalue weighted by molar-refractivity contribution is 5.94. The number of amidine groups is 1. The number of anilines is 1. The molecule has 0 aliphatic heterocycles. The van der Waals surface area contributed by atoms with Gasteiger partial charge in [-0.1, -0.05) is 0 Å². The van der Waals surface area contributed by atoms with Crippen LogP contribution in [-0.2, 0) is 13.6 Å². The maximum Gasteiger partial charge on any atom is 0.335 e. The van der Waals surface area contributed by atoms with Crippen molar-refractivity contribution in [2.24, 2.45) is 12.8 Å². The van der Waals surface area contributed by atoms with Gasteiger partial charge in [-0.25, -0.2) is 14.8 Å². The molecule has 3 aromatic rings. The summed E-state index contributed by atoms with van der Waals surface area (Å²) < 4.78 is 1.90. The number of nitrogens with two attached hydrogens (primary N) is 1. The number of aromatic nitrogens is 3. The molecule has 5 N–H and O–H groups in total. The van der Waals surface area contributed by atoms with Gasteiger partial charge in [-0.05, 0) is 30.3 Å². The van der Waals surface area contributed by atoms with Crippen LogP contribution in [0.5, 0.6) is 0 Å². The molecule has 0 saturated carbocycles. The Morgan fingerprint density at radius 3 is 2.71 bits per heavy atom. The third-order valence-corrected chi connectivity index (χ3v) is 3.72. The van der Waals surface area contributed by atoms with Gasteiger partial charge in [0.1, 0.15) is 17.5 Å². The number of fused-ring (bicyclic) bond motifs is 1. The normalized spacial score (nSPS) is 10.7. The molecule has 8 nitrogen and oxygen atoms in total. The lowest BCUT2D eigenvalue weighted by Crippen LogP contribution is -2.12. The second-order valence-corrected chi connectivity index (χ2v) is 5.30. The summed E-state index contributed by atoms with van der Waals surface area (Å²) in [6, 6.07) is 8.31. The number of imidazole rings is 1. The maximum atomic E-state index is 11.0. The van der Waals surface area contributed by atoms with Crippen molar-refractivity contribution in [1.29, 1.82) is 5.41 Å². The molecular formula is C16H16N6O2. The lowest BCUT2D eigenvalue weighted by Gasteiger charge is -2.06. The predicted molar refractivity (Wildman–Crippen MR) is 90.3 cm³/mol. The Morgan fingerprint density at radius 1 is 1.33 bits per heavy atom. The van der Waals surface area contributed by atoms with Crippen molar-refractivity contribution in [2.75, 3.05) is 5.32 Å². The van der Waals surface area contributed by atoms with E-state index in [1.165, 1.54) is 6.20 Å². The van der Waals surface area contributed by atoms with Crippen molar-refractivity contribution in [3.05, 3.63) is 53.5 Å². The Balaban J connectivity index is 1.81. The zero-order valence-corrected chi connectivity index (χ0v) is 12.9. The Kier molecular flexibility index (Phi) is 3.87. The van der Waals surface area contributed by atoms with Crippen LogP contribution in [-0.4, -0.2) is 31.4 Å². The minimum atomic E-state index is -0.975. The van der Waals surface area contributed by atoms with E-state index >= 15 is 0 Å². The molecule has 0 radical (unpaired) electrons. The molecule has 0 fully saturated rings. The average Bonchev–Trinajstić information content (AvgIpc) is 2.89. The van der Waals surface area contributed by atoms with Gasteiger partial charge >= 0.3 is 5.97 Å². The first kappa shape index (κ1) is 15.5. The first-order chi connectivity index (χ1) is 11.5. The van der Waals surface area contributed by atoms with E-state index in [0.29, 0.717) is 23.4 Å². The number of pyridine rings is 1. The predicted octanol–water partition coefficient (Wildman–Crippen LogP) is 1.56. The second-order valence-electron chi connectivity index (χ2n) is 5.30. The second kappa shape index (κ2) is 5.99. The number of carboxylic acids is 1. The minimum Gasteiger partial charge on any atom is -0.478 e. The molecule has 122 valence electrons. The van der Waals surface area contributed by atoms with E-state index in [0.717, 1.165) is 11.3 Å². The maximum absolute atomic E-state index is 11.0. The van der Waals surface area contributed by atoms with E-state index in [-0.39, 0.29) is 11.4 Å². The molecule has 8 heteroatoms. The van der Waals surface area contributed by atoms with Crippen molar-refractivity contribution in [3.8, 4) is 0 Å². The molecule has 0 atom stereocenters. The van der Waals surface area contributed by atoms with Gasteiger partial charge in [0, 0.05) is 18.8 Å². The smallest absolute Gasteiger partial charge is 0.335 e. The summed E-state index contributed by atoms with van der Waals surface area (Å²) in [5.41, 5.74) is 7.65. The molecule has 0 aliphatic rings. The molecule has 2 heterocycles. The number of nitrogens with zero attached hydrogens (tertiary/aromatic N) is 3. The number of benzene rings is 1. The molecule has 0 spiro atoms. The van der Waals surface area contributed by atoms with Crippen molar-refractivity contribution in [2.45, 2.75) is 6.54 Å². The number of carboxylic acid groups (broad SMARTS) is 1. The van der Waals surface area contributed by atoms with Crippen LogP contribution in [0.2, 0.25) is 0 Å². The molecular weight excluding hydrogens is 308 g/mol. The molecule has 1 aromatic carbocycles. The van der Waals surface area contributed by atoms with Crippen LogP contribution >= 0.6 is 0 Å². The number of nitrogen functional groups attached to an aromatic ring is 1. The Hall–Kier alpha value is -3.42. The summed E-state index contributed by atoms with van der Waals surface area (Å²) >= 11 is 0. The van der Waals surface area contributed by atoms with Gasteiger partial charge in [-0.3, -0.25) is 5.41 Å². The molecule has 0 bridgehead atoms. The van der Waals surface area contributed by atoms with Crippen molar-refractivity contribution in [3.63, 3.8) is 0 Å². The van der Waals surface area contributed by atoms with E-state index in [4.69, 9.17) is 16.2 Å². The van der Waals surface area contributed by atoms with Crippen LogP contribution in [0.25, 0.3) is 11.0 Å². The number of aromatic carboxylic acids is 1. The van der Waals surface area contributed by atoms with Crippen LogP contribution in [0.3, 0.4) is 0 Å². The standard InChI is InChI=1S/C16H16N6O2/c1-22-12-4-2-9(16(23)24)6-11(12)21-14(22)8-20-13-5-3-10(7-19-13)15(17)18/h2-7H,8H2,1H3,(H3,17,18)(H,19,20)(H,23,24). The van der Waals surface area contributed by atoms with Crippen LogP contribution < -0.4 is 11.1 Å². The summed E-state index contributed by atoms with van der Waals surface area (Å²) in [7, 11) is 1.87. The highest BCUT2D eigenvalue weighted by Crippen LogP contribution is 2.18. The molecule has 0 aliphatic carbocycles. The fourth-order valence-corrected chi connectivity index (χ4v) is 2.37. The molecule has 0 amide bonds. The molecule has 0 unspecified atom stereocenters. The number of hydrogen-bond acceptors (Lipinski definition) is 5. The number of rotatable bonds is 5. The van der Waals surface area contributed by atoms with Gasteiger partial charge < -0.3 is 20.7 Å². The number of nitrogens with one attached hydrogen (secondary N) is 2. The molecule has 0 saturated heterocycles.